The van der Waals surface area contributed by atoms with Crippen LogP contribution in [0.25, 0.3) is 11.3 Å². The van der Waals surface area contributed by atoms with Gasteiger partial charge in [-0.1, -0.05) is 24.1 Å². The van der Waals surface area contributed by atoms with Crippen molar-refractivity contribution >= 4 is 5.69 Å². The molecule has 1 aromatic carbocycles. The number of nitrogens with two attached hydrogens (primary N) is 1. The van der Waals surface area contributed by atoms with Crippen molar-refractivity contribution in [3.63, 3.8) is 0 Å². The fourth-order valence-electron chi connectivity index (χ4n) is 2.15. The summed E-state index contributed by atoms with van der Waals surface area (Å²) < 4.78 is 1.96. The lowest BCUT2D eigenvalue weighted by Gasteiger charge is -2.08. The summed E-state index contributed by atoms with van der Waals surface area (Å²) in [5, 5.41) is 4.62. The molecule has 1 unspecified atom stereocenters. The van der Waals surface area contributed by atoms with Crippen LogP contribution in [0.5, 0.6) is 0 Å². The van der Waals surface area contributed by atoms with Crippen molar-refractivity contribution < 1.29 is 0 Å². The number of hydrogen-bond donors (Lipinski definition) is 1. The van der Waals surface area contributed by atoms with Gasteiger partial charge in [-0.25, -0.2) is 0 Å². The third-order valence-corrected chi connectivity index (χ3v) is 3.30. The van der Waals surface area contributed by atoms with Crippen LogP contribution in [0.1, 0.15) is 37.4 Å². The standard InChI is InChI=1S/C15H21N3/c1-5-12(4)18-9-14(16)15(17-18)13-7-10(2)6-11(3)8-13/h6-9,12H,5,16H2,1-4H3. The van der Waals surface area contributed by atoms with Crippen LogP contribution in [-0.2, 0) is 0 Å². The second kappa shape index (κ2) is 4.84. The molecule has 3 nitrogen and oxygen atoms in total. The van der Waals surface area contributed by atoms with Crippen molar-refractivity contribution in [2.45, 2.75) is 40.2 Å². The molecule has 0 radical (unpaired) electrons. The van der Waals surface area contributed by atoms with Crippen molar-refractivity contribution in [2.75, 3.05) is 5.73 Å². The van der Waals surface area contributed by atoms with E-state index < -0.39 is 0 Å². The minimum atomic E-state index is 0.381. The zero-order valence-electron chi connectivity index (χ0n) is 11.6. The molecule has 2 aromatic rings. The van der Waals surface area contributed by atoms with E-state index in [1.165, 1.54) is 11.1 Å². The fourth-order valence-corrected chi connectivity index (χ4v) is 2.15. The summed E-state index contributed by atoms with van der Waals surface area (Å²) in [6, 6.07) is 6.80. The SMILES string of the molecule is CCC(C)n1cc(N)c(-c2cc(C)cc(C)c2)n1. The molecule has 1 atom stereocenters. The second-order valence-electron chi connectivity index (χ2n) is 5.05. The largest absolute Gasteiger partial charge is 0.396 e. The van der Waals surface area contributed by atoms with Crippen LogP contribution in [0.4, 0.5) is 5.69 Å². The first-order valence-corrected chi connectivity index (χ1v) is 6.44. The van der Waals surface area contributed by atoms with Crippen LogP contribution in [-0.4, -0.2) is 9.78 Å². The minimum absolute atomic E-state index is 0.381. The fraction of sp³-hybridized carbons (Fsp3) is 0.400. The average molecular weight is 243 g/mol. The summed E-state index contributed by atoms with van der Waals surface area (Å²) >= 11 is 0. The number of nitrogens with zero attached hydrogens (tertiary/aromatic N) is 2. The Kier molecular flexibility index (Phi) is 3.41. The number of nitrogen functional groups attached to an aromatic ring is 1. The molecule has 2 N–H and O–H groups in total. The third-order valence-electron chi connectivity index (χ3n) is 3.30. The van der Waals surface area contributed by atoms with Crippen molar-refractivity contribution in [2.24, 2.45) is 0 Å². The molecule has 1 heterocycles. The highest BCUT2D eigenvalue weighted by Gasteiger charge is 2.12. The van der Waals surface area contributed by atoms with Crippen molar-refractivity contribution in [3.05, 3.63) is 35.5 Å². The number of hydrogen-bond acceptors (Lipinski definition) is 2. The highest BCUT2D eigenvalue weighted by molar-refractivity contribution is 5.72. The molecule has 0 aliphatic carbocycles. The van der Waals surface area contributed by atoms with Crippen LogP contribution in [0.15, 0.2) is 24.4 Å². The number of rotatable bonds is 3. The first kappa shape index (κ1) is 12.7. The van der Waals surface area contributed by atoms with E-state index in [-0.39, 0.29) is 0 Å². The topological polar surface area (TPSA) is 43.8 Å². The Balaban J connectivity index is 2.47. The zero-order valence-corrected chi connectivity index (χ0v) is 11.6. The lowest BCUT2D eigenvalue weighted by molar-refractivity contribution is 0.479. The van der Waals surface area contributed by atoms with E-state index in [0.29, 0.717) is 6.04 Å². The lowest BCUT2D eigenvalue weighted by Crippen LogP contribution is -2.04. The van der Waals surface area contributed by atoms with Crippen molar-refractivity contribution in [1.29, 1.82) is 0 Å². The predicted octanol–water partition coefficient (Wildman–Crippen LogP) is 3.72. The van der Waals surface area contributed by atoms with Crippen LogP contribution < -0.4 is 5.73 Å². The highest BCUT2D eigenvalue weighted by atomic mass is 15.3. The lowest BCUT2D eigenvalue weighted by atomic mass is 10.0. The number of benzene rings is 1. The van der Waals surface area contributed by atoms with Gasteiger partial charge in [-0.15, -0.1) is 0 Å². The maximum absolute atomic E-state index is 6.08. The molecular weight excluding hydrogens is 222 g/mol. The maximum Gasteiger partial charge on any atom is 0.115 e. The van der Waals surface area contributed by atoms with Gasteiger partial charge in [-0.3, -0.25) is 4.68 Å². The molecular formula is C15H21N3. The summed E-state index contributed by atoms with van der Waals surface area (Å²) in [6.07, 6.45) is 2.98. The molecule has 2 rings (SSSR count). The molecule has 1 aromatic heterocycles. The Morgan fingerprint density at radius 3 is 2.39 bits per heavy atom. The molecule has 0 spiro atoms. The molecule has 0 aliphatic rings. The van der Waals surface area contributed by atoms with Gasteiger partial charge in [0.05, 0.1) is 5.69 Å². The smallest absolute Gasteiger partial charge is 0.115 e. The summed E-state index contributed by atoms with van der Waals surface area (Å²) in [5.74, 6) is 0. The number of aromatic nitrogens is 2. The van der Waals surface area contributed by atoms with E-state index in [1.807, 2.05) is 10.9 Å². The Labute approximate surface area is 109 Å². The summed E-state index contributed by atoms with van der Waals surface area (Å²) in [5.41, 5.74) is 11.3. The molecule has 0 saturated carbocycles. The molecule has 0 amide bonds. The maximum atomic E-state index is 6.08. The highest BCUT2D eigenvalue weighted by Crippen LogP contribution is 2.27. The number of aryl methyl sites for hydroxylation is 2. The summed E-state index contributed by atoms with van der Waals surface area (Å²) in [6.45, 7) is 8.49. The molecule has 0 bridgehead atoms. The van der Waals surface area contributed by atoms with Gasteiger partial charge in [0.1, 0.15) is 5.69 Å². The predicted molar refractivity (Wildman–Crippen MR) is 76.6 cm³/mol. The van der Waals surface area contributed by atoms with E-state index in [4.69, 9.17) is 5.73 Å². The van der Waals surface area contributed by atoms with E-state index in [2.05, 4.69) is 51.0 Å². The Hall–Kier alpha value is -1.77. The van der Waals surface area contributed by atoms with E-state index in [0.717, 1.165) is 23.4 Å². The van der Waals surface area contributed by atoms with Gasteiger partial charge in [0, 0.05) is 17.8 Å². The van der Waals surface area contributed by atoms with E-state index in [9.17, 15) is 0 Å². The minimum Gasteiger partial charge on any atom is -0.396 e. The molecule has 0 aliphatic heterocycles. The second-order valence-corrected chi connectivity index (χ2v) is 5.05. The van der Waals surface area contributed by atoms with Crippen LogP contribution in [0.2, 0.25) is 0 Å². The van der Waals surface area contributed by atoms with Gasteiger partial charge in [0.2, 0.25) is 0 Å². The summed E-state index contributed by atoms with van der Waals surface area (Å²) in [7, 11) is 0. The van der Waals surface area contributed by atoms with Gasteiger partial charge in [0.15, 0.2) is 0 Å². The first-order valence-electron chi connectivity index (χ1n) is 6.44. The Morgan fingerprint density at radius 1 is 1.22 bits per heavy atom. The molecule has 96 valence electrons. The van der Waals surface area contributed by atoms with E-state index in [1.54, 1.807) is 0 Å². The van der Waals surface area contributed by atoms with Crippen LogP contribution in [0.3, 0.4) is 0 Å². The van der Waals surface area contributed by atoms with Gasteiger partial charge in [0.25, 0.3) is 0 Å². The molecule has 0 fully saturated rings. The summed E-state index contributed by atoms with van der Waals surface area (Å²) in [4.78, 5) is 0. The normalized spacial score (nSPS) is 12.7. The quantitative estimate of drug-likeness (QED) is 0.892. The van der Waals surface area contributed by atoms with Gasteiger partial charge < -0.3 is 5.73 Å². The molecule has 0 saturated heterocycles. The van der Waals surface area contributed by atoms with Gasteiger partial charge in [-0.2, -0.15) is 5.10 Å². The van der Waals surface area contributed by atoms with Crippen molar-refractivity contribution in [3.8, 4) is 11.3 Å². The van der Waals surface area contributed by atoms with Crippen LogP contribution >= 0.6 is 0 Å². The van der Waals surface area contributed by atoms with Gasteiger partial charge >= 0.3 is 0 Å². The average Bonchev–Trinajstić information content (AvgIpc) is 2.69. The van der Waals surface area contributed by atoms with Crippen LogP contribution in [0, 0.1) is 13.8 Å². The third kappa shape index (κ3) is 2.40. The van der Waals surface area contributed by atoms with Crippen molar-refractivity contribution in [1.82, 2.24) is 9.78 Å². The zero-order chi connectivity index (χ0) is 13.3. The molecule has 3 heteroatoms. The Bertz CT molecular complexity index is 535. The molecule has 18 heavy (non-hydrogen) atoms. The first-order chi connectivity index (χ1) is 8.51. The Morgan fingerprint density at radius 2 is 1.83 bits per heavy atom. The van der Waals surface area contributed by atoms with Gasteiger partial charge in [-0.05, 0) is 39.3 Å². The number of anilines is 1. The van der Waals surface area contributed by atoms with E-state index >= 15 is 0 Å². The monoisotopic (exact) mass is 243 g/mol.